The molecule has 3 aromatic carbocycles. The van der Waals surface area contributed by atoms with E-state index in [-0.39, 0.29) is 0 Å². The van der Waals surface area contributed by atoms with Crippen molar-refractivity contribution in [3.63, 3.8) is 0 Å². The largest absolute Gasteiger partial charge is 0.488 e. The average molecular weight is 387 g/mol. The van der Waals surface area contributed by atoms with E-state index in [2.05, 4.69) is 0 Å². The highest BCUT2D eigenvalue weighted by Gasteiger charge is 2.30. The number of benzene rings is 3. The standard InChI is InChI=1S/C22H20F3NO2/c23-22(24,25)19-9-6-17(7-10-19)18-8-11-20(27-13-12-26)21(14-18)28-15-16-4-2-1-3-5-16/h1-11,14H,12-13,15,26H2. The summed E-state index contributed by atoms with van der Waals surface area (Å²) >= 11 is 0. The first-order valence-electron chi connectivity index (χ1n) is 8.78. The highest BCUT2D eigenvalue weighted by Crippen LogP contribution is 2.35. The molecule has 146 valence electrons. The fourth-order valence-electron chi connectivity index (χ4n) is 2.68. The lowest BCUT2D eigenvalue weighted by Gasteiger charge is -2.14. The Morgan fingerprint density at radius 1 is 0.750 bits per heavy atom. The molecule has 2 N–H and O–H groups in total. The second-order valence-electron chi connectivity index (χ2n) is 6.15. The van der Waals surface area contributed by atoms with Gasteiger partial charge in [-0.1, -0.05) is 48.5 Å². The molecular weight excluding hydrogens is 367 g/mol. The number of alkyl halides is 3. The summed E-state index contributed by atoms with van der Waals surface area (Å²) in [6.07, 6.45) is -4.36. The van der Waals surface area contributed by atoms with Gasteiger partial charge in [-0.25, -0.2) is 0 Å². The molecule has 0 fully saturated rings. The molecule has 0 spiro atoms. The number of nitrogens with two attached hydrogens (primary N) is 1. The normalized spacial score (nSPS) is 11.3. The van der Waals surface area contributed by atoms with E-state index in [1.807, 2.05) is 30.3 Å². The molecule has 6 heteroatoms. The van der Waals surface area contributed by atoms with Gasteiger partial charge in [-0.3, -0.25) is 0 Å². The lowest BCUT2D eigenvalue weighted by Crippen LogP contribution is -2.11. The Morgan fingerprint density at radius 2 is 1.43 bits per heavy atom. The van der Waals surface area contributed by atoms with Crippen LogP contribution in [-0.2, 0) is 12.8 Å². The van der Waals surface area contributed by atoms with E-state index < -0.39 is 11.7 Å². The fraction of sp³-hybridized carbons (Fsp3) is 0.182. The molecule has 0 atom stereocenters. The van der Waals surface area contributed by atoms with Crippen molar-refractivity contribution in [3.8, 4) is 22.6 Å². The Kier molecular flexibility index (Phi) is 6.21. The quantitative estimate of drug-likeness (QED) is 0.599. The summed E-state index contributed by atoms with van der Waals surface area (Å²) in [4.78, 5) is 0. The van der Waals surface area contributed by atoms with Crippen LogP contribution in [-0.4, -0.2) is 13.2 Å². The van der Waals surface area contributed by atoms with Crippen LogP contribution in [0.15, 0.2) is 72.8 Å². The van der Waals surface area contributed by atoms with Gasteiger partial charge in [0, 0.05) is 6.54 Å². The Morgan fingerprint density at radius 3 is 2.07 bits per heavy atom. The first kappa shape index (κ1) is 19.8. The molecule has 3 aromatic rings. The molecule has 0 amide bonds. The van der Waals surface area contributed by atoms with Crippen LogP contribution >= 0.6 is 0 Å². The summed E-state index contributed by atoms with van der Waals surface area (Å²) in [6, 6.07) is 20.0. The van der Waals surface area contributed by atoms with Crippen molar-refractivity contribution in [1.29, 1.82) is 0 Å². The van der Waals surface area contributed by atoms with E-state index >= 15 is 0 Å². The van der Waals surface area contributed by atoms with Gasteiger partial charge in [0.15, 0.2) is 11.5 Å². The minimum atomic E-state index is -4.36. The van der Waals surface area contributed by atoms with Gasteiger partial charge in [-0.2, -0.15) is 13.2 Å². The van der Waals surface area contributed by atoms with E-state index in [9.17, 15) is 13.2 Å². The number of ether oxygens (including phenoxy) is 2. The number of rotatable bonds is 7. The van der Waals surface area contributed by atoms with E-state index in [0.29, 0.717) is 36.8 Å². The third-order valence-corrected chi connectivity index (χ3v) is 4.10. The van der Waals surface area contributed by atoms with Gasteiger partial charge in [0.2, 0.25) is 0 Å². The highest BCUT2D eigenvalue weighted by atomic mass is 19.4. The van der Waals surface area contributed by atoms with Crippen LogP contribution in [0.25, 0.3) is 11.1 Å². The molecule has 0 aliphatic heterocycles. The summed E-state index contributed by atoms with van der Waals surface area (Å²) in [7, 11) is 0. The Balaban J connectivity index is 1.86. The molecule has 3 nitrogen and oxygen atoms in total. The molecule has 0 radical (unpaired) electrons. The molecule has 0 aliphatic carbocycles. The van der Waals surface area contributed by atoms with Crippen molar-refractivity contribution in [2.75, 3.05) is 13.2 Å². The summed E-state index contributed by atoms with van der Waals surface area (Å²) in [5.41, 5.74) is 7.20. The summed E-state index contributed by atoms with van der Waals surface area (Å²) < 4.78 is 49.9. The van der Waals surface area contributed by atoms with Crippen molar-refractivity contribution in [2.45, 2.75) is 12.8 Å². The van der Waals surface area contributed by atoms with E-state index in [1.54, 1.807) is 18.2 Å². The van der Waals surface area contributed by atoms with Gasteiger partial charge in [-0.15, -0.1) is 0 Å². The van der Waals surface area contributed by atoms with Crippen LogP contribution in [0.5, 0.6) is 11.5 Å². The second-order valence-corrected chi connectivity index (χ2v) is 6.15. The van der Waals surface area contributed by atoms with Gasteiger partial charge in [0.25, 0.3) is 0 Å². The second kappa shape index (κ2) is 8.80. The lowest BCUT2D eigenvalue weighted by molar-refractivity contribution is -0.137. The predicted octanol–water partition coefficient (Wildman–Crippen LogP) is 5.29. The van der Waals surface area contributed by atoms with E-state index in [0.717, 1.165) is 23.3 Å². The number of halogens is 3. The zero-order chi connectivity index (χ0) is 20.0. The van der Waals surface area contributed by atoms with Crippen molar-refractivity contribution in [3.05, 3.63) is 83.9 Å². The van der Waals surface area contributed by atoms with Crippen LogP contribution in [0.4, 0.5) is 13.2 Å². The first-order valence-corrected chi connectivity index (χ1v) is 8.78. The maximum Gasteiger partial charge on any atom is 0.416 e. The molecule has 0 saturated heterocycles. The average Bonchev–Trinajstić information content (AvgIpc) is 2.71. The number of hydrogen-bond acceptors (Lipinski definition) is 3. The third kappa shape index (κ3) is 5.04. The maximum absolute atomic E-state index is 12.8. The molecule has 28 heavy (non-hydrogen) atoms. The van der Waals surface area contributed by atoms with Gasteiger partial charge < -0.3 is 15.2 Å². The van der Waals surface area contributed by atoms with Crippen LogP contribution in [0.2, 0.25) is 0 Å². The molecule has 0 aliphatic rings. The Hall–Kier alpha value is -2.99. The molecule has 0 aromatic heterocycles. The lowest BCUT2D eigenvalue weighted by atomic mass is 10.0. The SMILES string of the molecule is NCCOc1ccc(-c2ccc(C(F)(F)F)cc2)cc1OCc1ccccc1. The predicted molar refractivity (Wildman–Crippen MR) is 102 cm³/mol. The Bertz CT molecular complexity index is 894. The van der Waals surface area contributed by atoms with Crippen molar-refractivity contribution >= 4 is 0 Å². The van der Waals surface area contributed by atoms with Gasteiger partial charge >= 0.3 is 6.18 Å². The van der Waals surface area contributed by atoms with Crippen molar-refractivity contribution in [1.82, 2.24) is 0 Å². The summed E-state index contributed by atoms with van der Waals surface area (Å²) in [5, 5.41) is 0. The van der Waals surface area contributed by atoms with Crippen LogP contribution in [0, 0.1) is 0 Å². The minimum Gasteiger partial charge on any atom is -0.488 e. The molecule has 0 bridgehead atoms. The zero-order valence-corrected chi connectivity index (χ0v) is 15.1. The van der Waals surface area contributed by atoms with Crippen molar-refractivity contribution in [2.24, 2.45) is 5.73 Å². The van der Waals surface area contributed by atoms with Crippen LogP contribution < -0.4 is 15.2 Å². The summed E-state index contributed by atoms with van der Waals surface area (Å²) in [5.74, 6) is 1.05. The van der Waals surface area contributed by atoms with Crippen molar-refractivity contribution < 1.29 is 22.6 Å². The zero-order valence-electron chi connectivity index (χ0n) is 15.1. The van der Waals surface area contributed by atoms with Gasteiger partial charge in [0.05, 0.1) is 5.56 Å². The molecule has 0 saturated carbocycles. The molecule has 0 unspecified atom stereocenters. The van der Waals surface area contributed by atoms with Crippen LogP contribution in [0.3, 0.4) is 0 Å². The molecule has 3 rings (SSSR count). The first-order chi connectivity index (χ1) is 13.5. The van der Waals surface area contributed by atoms with Crippen LogP contribution in [0.1, 0.15) is 11.1 Å². The third-order valence-electron chi connectivity index (χ3n) is 4.10. The summed E-state index contributed by atoms with van der Waals surface area (Å²) in [6.45, 7) is 1.04. The minimum absolute atomic E-state index is 0.335. The highest BCUT2D eigenvalue weighted by molar-refractivity contribution is 5.67. The fourth-order valence-corrected chi connectivity index (χ4v) is 2.68. The molecular formula is C22H20F3NO2. The maximum atomic E-state index is 12.8. The molecule has 0 heterocycles. The number of hydrogen-bond donors (Lipinski definition) is 1. The van der Waals surface area contributed by atoms with Gasteiger partial charge in [0.1, 0.15) is 13.2 Å². The monoisotopic (exact) mass is 387 g/mol. The topological polar surface area (TPSA) is 44.5 Å². The Labute approximate surface area is 161 Å². The smallest absolute Gasteiger partial charge is 0.416 e. The van der Waals surface area contributed by atoms with E-state index in [1.165, 1.54) is 12.1 Å². The van der Waals surface area contributed by atoms with E-state index in [4.69, 9.17) is 15.2 Å². The van der Waals surface area contributed by atoms with Gasteiger partial charge in [-0.05, 0) is 41.0 Å².